The van der Waals surface area contributed by atoms with Crippen molar-refractivity contribution in [3.05, 3.63) is 0 Å². The van der Waals surface area contributed by atoms with Gasteiger partial charge in [0.2, 0.25) is 5.91 Å². The lowest BCUT2D eigenvalue weighted by Crippen LogP contribution is -2.47. The largest absolute Gasteiger partial charge is 0.394 e. The molecule has 0 aromatic rings. The average molecular weight is 288 g/mol. The smallest absolute Gasteiger partial charge is 0.232 e. The SMILES string of the molecule is CC(C)C(C(=O)N1CCC(OCCO)CC1)C(N)=S. The van der Waals surface area contributed by atoms with Gasteiger partial charge in [-0.25, -0.2) is 0 Å². The Bertz CT molecular complexity index is 315. The topological polar surface area (TPSA) is 75.8 Å². The van der Waals surface area contributed by atoms with Gasteiger partial charge in [0, 0.05) is 13.1 Å². The number of hydrogen-bond donors (Lipinski definition) is 2. The Morgan fingerprint density at radius 1 is 1.47 bits per heavy atom. The van der Waals surface area contributed by atoms with Gasteiger partial charge in [-0.05, 0) is 18.8 Å². The summed E-state index contributed by atoms with van der Waals surface area (Å²) >= 11 is 5.00. The number of nitrogens with zero attached hydrogens (tertiary/aromatic N) is 1. The van der Waals surface area contributed by atoms with E-state index in [4.69, 9.17) is 27.8 Å². The molecule has 0 aromatic heterocycles. The van der Waals surface area contributed by atoms with Crippen molar-refractivity contribution in [3.63, 3.8) is 0 Å². The van der Waals surface area contributed by atoms with Crippen LogP contribution in [0.15, 0.2) is 0 Å². The van der Waals surface area contributed by atoms with E-state index in [-0.39, 0.29) is 35.4 Å². The zero-order valence-electron chi connectivity index (χ0n) is 11.7. The first kappa shape index (κ1) is 16.3. The molecule has 1 aliphatic rings. The lowest BCUT2D eigenvalue weighted by molar-refractivity contribution is -0.137. The first-order chi connectivity index (χ1) is 8.97. The van der Waals surface area contributed by atoms with Gasteiger partial charge in [0.1, 0.15) is 0 Å². The summed E-state index contributed by atoms with van der Waals surface area (Å²) in [7, 11) is 0. The highest BCUT2D eigenvalue weighted by molar-refractivity contribution is 7.80. The van der Waals surface area contributed by atoms with Crippen LogP contribution in [-0.4, -0.2) is 53.3 Å². The van der Waals surface area contributed by atoms with Crippen LogP contribution in [0.25, 0.3) is 0 Å². The molecule has 0 radical (unpaired) electrons. The van der Waals surface area contributed by atoms with Crippen LogP contribution >= 0.6 is 12.2 Å². The van der Waals surface area contributed by atoms with Gasteiger partial charge < -0.3 is 20.5 Å². The van der Waals surface area contributed by atoms with Crippen molar-refractivity contribution in [1.82, 2.24) is 4.90 Å². The van der Waals surface area contributed by atoms with E-state index >= 15 is 0 Å². The third-order valence-electron chi connectivity index (χ3n) is 3.44. The monoisotopic (exact) mass is 288 g/mol. The number of aliphatic hydroxyl groups is 1. The minimum Gasteiger partial charge on any atom is -0.394 e. The van der Waals surface area contributed by atoms with Crippen LogP contribution < -0.4 is 5.73 Å². The molecule has 0 aromatic carbocycles. The molecule has 1 amide bonds. The van der Waals surface area contributed by atoms with E-state index in [1.165, 1.54) is 0 Å². The van der Waals surface area contributed by atoms with Crippen molar-refractivity contribution < 1.29 is 14.6 Å². The Morgan fingerprint density at radius 3 is 2.47 bits per heavy atom. The maximum Gasteiger partial charge on any atom is 0.232 e. The van der Waals surface area contributed by atoms with Crippen molar-refractivity contribution in [1.29, 1.82) is 0 Å². The van der Waals surface area contributed by atoms with Crippen LogP contribution in [0.5, 0.6) is 0 Å². The summed E-state index contributed by atoms with van der Waals surface area (Å²) in [5.41, 5.74) is 5.67. The van der Waals surface area contributed by atoms with Gasteiger partial charge in [-0.15, -0.1) is 0 Å². The summed E-state index contributed by atoms with van der Waals surface area (Å²) in [6, 6.07) is 0. The van der Waals surface area contributed by atoms with Gasteiger partial charge in [-0.3, -0.25) is 4.79 Å². The molecule has 1 heterocycles. The molecule has 0 aliphatic carbocycles. The molecule has 6 heteroatoms. The minimum atomic E-state index is -0.370. The van der Waals surface area contributed by atoms with E-state index in [0.29, 0.717) is 19.7 Å². The number of carbonyl (C=O) groups is 1. The van der Waals surface area contributed by atoms with Crippen molar-refractivity contribution >= 4 is 23.1 Å². The molecule has 0 bridgehead atoms. The van der Waals surface area contributed by atoms with Gasteiger partial charge in [0.25, 0.3) is 0 Å². The summed E-state index contributed by atoms with van der Waals surface area (Å²) < 4.78 is 5.48. The molecule has 5 nitrogen and oxygen atoms in total. The third-order valence-corrected chi connectivity index (χ3v) is 3.69. The van der Waals surface area contributed by atoms with Crippen LogP contribution in [0.4, 0.5) is 0 Å². The number of hydrogen-bond acceptors (Lipinski definition) is 4. The molecule has 110 valence electrons. The Labute approximate surface area is 120 Å². The third kappa shape index (κ3) is 4.71. The summed E-state index contributed by atoms with van der Waals surface area (Å²) in [6.45, 7) is 5.65. The first-order valence-electron chi connectivity index (χ1n) is 6.78. The van der Waals surface area contributed by atoms with E-state index in [2.05, 4.69) is 0 Å². The Morgan fingerprint density at radius 2 is 2.05 bits per heavy atom. The van der Waals surface area contributed by atoms with Crippen LogP contribution in [0.2, 0.25) is 0 Å². The number of amides is 1. The summed E-state index contributed by atoms with van der Waals surface area (Å²) in [5.74, 6) is -0.221. The molecular weight excluding hydrogens is 264 g/mol. The maximum absolute atomic E-state index is 12.4. The zero-order chi connectivity index (χ0) is 14.4. The molecule has 1 fully saturated rings. The number of piperidine rings is 1. The molecule has 19 heavy (non-hydrogen) atoms. The average Bonchev–Trinajstić information content (AvgIpc) is 2.36. The van der Waals surface area contributed by atoms with E-state index in [1.807, 2.05) is 18.7 Å². The zero-order valence-corrected chi connectivity index (χ0v) is 12.5. The van der Waals surface area contributed by atoms with Gasteiger partial charge in [0.15, 0.2) is 0 Å². The molecule has 1 saturated heterocycles. The maximum atomic E-state index is 12.4. The van der Waals surface area contributed by atoms with Crippen LogP contribution in [0.1, 0.15) is 26.7 Å². The molecule has 3 N–H and O–H groups in total. The number of likely N-dealkylation sites (tertiary alicyclic amines) is 1. The molecule has 1 unspecified atom stereocenters. The number of nitrogens with two attached hydrogens (primary N) is 1. The van der Waals surface area contributed by atoms with E-state index < -0.39 is 0 Å². The van der Waals surface area contributed by atoms with Crippen LogP contribution in [0, 0.1) is 11.8 Å². The summed E-state index contributed by atoms with van der Waals surface area (Å²) in [6.07, 6.45) is 1.74. The predicted molar refractivity (Wildman–Crippen MR) is 77.8 cm³/mol. The second-order valence-electron chi connectivity index (χ2n) is 5.24. The van der Waals surface area contributed by atoms with E-state index in [0.717, 1.165) is 12.8 Å². The van der Waals surface area contributed by atoms with Crippen molar-refractivity contribution in [2.75, 3.05) is 26.3 Å². The van der Waals surface area contributed by atoms with Gasteiger partial charge in [-0.2, -0.15) is 0 Å². The van der Waals surface area contributed by atoms with Crippen molar-refractivity contribution in [2.24, 2.45) is 17.6 Å². The van der Waals surface area contributed by atoms with E-state index in [9.17, 15) is 4.79 Å². The van der Waals surface area contributed by atoms with E-state index in [1.54, 1.807) is 0 Å². The molecule has 1 rings (SSSR count). The molecule has 1 aliphatic heterocycles. The normalized spacial score (nSPS) is 18.6. The van der Waals surface area contributed by atoms with Crippen LogP contribution in [-0.2, 0) is 9.53 Å². The number of rotatable bonds is 6. The van der Waals surface area contributed by atoms with Gasteiger partial charge in [0.05, 0.1) is 30.2 Å². The second-order valence-corrected chi connectivity index (χ2v) is 5.71. The fourth-order valence-electron chi connectivity index (χ4n) is 2.39. The van der Waals surface area contributed by atoms with Crippen molar-refractivity contribution in [2.45, 2.75) is 32.8 Å². The lowest BCUT2D eigenvalue weighted by Gasteiger charge is -2.34. The highest BCUT2D eigenvalue weighted by Crippen LogP contribution is 2.20. The highest BCUT2D eigenvalue weighted by Gasteiger charge is 2.31. The minimum absolute atomic E-state index is 0.0307. The predicted octanol–water partition coefficient (Wildman–Crippen LogP) is 0.545. The number of carbonyl (C=O) groups excluding carboxylic acids is 1. The Kier molecular flexibility index (Phi) is 6.68. The fourth-order valence-corrected chi connectivity index (χ4v) is 2.77. The standard InChI is InChI=1S/C13H24N2O3S/c1-9(2)11(12(14)19)13(17)15-5-3-10(4-6-15)18-8-7-16/h9-11,16H,3-8H2,1-2H3,(H2,14,19). The second kappa shape index (κ2) is 7.77. The summed E-state index contributed by atoms with van der Waals surface area (Å²) in [4.78, 5) is 14.5. The molecule has 0 saturated carbocycles. The number of ether oxygens (including phenoxy) is 1. The highest BCUT2D eigenvalue weighted by atomic mass is 32.1. The van der Waals surface area contributed by atoms with Gasteiger partial charge >= 0.3 is 0 Å². The molecular formula is C13H24N2O3S. The first-order valence-corrected chi connectivity index (χ1v) is 7.18. The molecule has 1 atom stereocenters. The molecule has 0 spiro atoms. The number of thiocarbonyl (C=S) groups is 1. The Balaban J connectivity index is 2.50. The number of aliphatic hydroxyl groups excluding tert-OH is 1. The van der Waals surface area contributed by atoms with Crippen LogP contribution in [0.3, 0.4) is 0 Å². The Hall–Kier alpha value is -0.720. The lowest BCUT2D eigenvalue weighted by atomic mass is 9.93. The fraction of sp³-hybridized carbons (Fsp3) is 0.846. The van der Waals surface area contributed by atoms with Gasteiger partial charge in [-0.1, -0.05) is 26.1 Å². The quantitative estimate of drug-likeness (QED) is 0.698. The van der Waals surface area contributed by atoms with Crippen molar-refractivity contribution in [3.8, 4) is 0 Å². The summed E-state index contributed by atoms with van der Waals surface area (Å²) in [5, 5.41) is 8.71.